The highest BCUT2D eigenvalue weighted by Gasteiger charge is 2.24. The molecule has 0 bridgehead atoms. The second-order valence-electron chi connectivity index (χ2n) is 6.16. The number of carbonyl (C=O) groups excluding carboxylic acids is 1. The number of aryl methyl sites for hydroxylation is 1. The van der Waals surface area contributed by atoms with Gasteiger partial charge in [0.1, 0.15) is 0 Å². The van der Waals surface area contributed by atoms with Crippen molar-refractivity contribution in [1.29, 1.82) is 0 Å². The fourth-order valence-electron chi connectivity index (χ4n) is 3.14. The fourth-order valence-corrected chi connectivity index (χ4v) is 3.14. The lowest BCUT2D eigenvalue weighted by Crippen LogP contribution is -2.35. The predicted octanol–water partition coefficient (Wildman–Crippen LogP) is 4.15. The Morgan fingerprint density at radius 2 is 2.10 bits per heavy atom. The number of benzene rings is 1. The maximum Gasteiger partial charge on any atom is 0.227 e. The van der Waals surface area contributed by atoms with E-state index in [4.69, 9.17) is 5.73 Å². The highest BCUT2D eigenvalue weighted by Crippen LogP contribution is 2.30. The SMILES string of the molecule is CCCCC(CC)CN1C(=O)CCCc2cc(N)ccc21. The molecular formula is C18H28N2O. The van der Waals surface area contributed by atoms with Crippen molar-refractivity contribution in [1.82, 2.24) is 0 Å². The minimum Gasteiger partial charge on any atom is -0.399 e. The third-order valence-corrected chi connectivity index (χ3v) is 4.52. The summed E-state index contributed by atoms with van der Waals surface area (Å²) in [5, 5.41) is 0. The molecule has 0 aromatic heterocycles. The van der Waals surface area contributed by atoms with E-state index in [-0.39, 0.29) is 5.91 Å². The molecular weight excluding hydrogens is 260 g/mol. The number of amides is 1. The predicted molar refractivity (Wildman–Crippen MR) is 89.5 cm³/mol. The molecule has 1 aromatic rings. The van der Waals surface area contributed by atoms with E-state index in [1.54, 1.807) is 0 Å². The van der Waals surface area contributed by atoms with Crippen LogP contribution in [0.1, 0.15) is 57.9 Å². The van der Waals surface area contributed by atoms with Crippen LogP contribution in [-0.4, -0.2) is 12.5 Å². The van der Waals surface area contributed by atoms with Gasteiger partial charge in [0.2, 0.25) is 5.91 Å². The minimum absolute atomic E-state index is 0.272. The normalized spacial score (nSPS) is 16.5. The summed E-state index contributed by atoms with van der Waals surface area (Å²) in [6.45, 7) is 5.31. The zero-order chi connectivity index (χ0) is 15.2. The van der Waals surface area contributed by atoms with Crippen LogP contribution in [0.15, 0.2) is 18.2 Å². The van der Waals surface area contributed by atoms with E-state index in [9.17, 15) is 4.79 Å². The lowest BCUT2D eigenvalue weighted by atomic mass is 9.98. The Labute approximate surface area is 128 Å². The van der Waals surface area contributed by atoms with Crippen molar-refractivity contribution in [2.45, 2.75) is 58.8 Å². The van der Waals surface area contributed by atoms with Crippen LogP contribution in [0, 0.1) is 5.92 Å². The highest BCUT2D eigenvalue weighted by atomic mass is 16.2. The Hall–Kier alpha value is -1.51. The fraction of sp³-hybridized carbons (Fsp3) is 0.611. The van der Waals surface area contributed by atoms with Crippen molar-refractivity contribution in [2.24, 2.45) is 5.92 Å². The number of nitrogen functional groups attached to an aromatic ring is 1. The summed E-state index contributed by atoms with van der Waals surface area (Å²) in [7, 11) is 0. The van der Waals surface area contributed by atoms with Crippen LogP contribution in [0.4, 0.5) is 11.4 Å². The van der Waals surface area contributed by atoms with Crippen LogP contribution in [0.25, 0.3) is 0 Å². The van der Waals surface area contributed by atoms with Crippen LogP contribution in [0.5, 0.6) is 0 Å². The zero-order valence-electron chi connectivity index (χ0n) is 13.4. The van der Waals surface area contributed by atoms with Crippen molar-refractivity contribution in [2.75, 3.05) is 17.2 Å². The molecule has 3 heteroatoms. The topological polar surface area (TPSA) is 46.3 Å². The highest BCUT2D eigenvalue weighted by molar-refractivity contribution is 5.95. The summed E-state index contributed by atoms with van der Waals surface area (Å²) in [5.74, 6) is 0.867. The molecule has 0 radical (unpaired) electrons. The quantitative estimate of drug-likeness (QED) is 0.799. The summed E-state index contributed by atoms with van der Waals surface area (Å²) in [6.07, 6.45) is 7.34. The van der Waals surface area contributed by atoms with Crippen LogP contribution in [-0.2, 0) is 11.2 Å². The van der Waals surface area contributed by atoms with Gasteiger partial charge in [0.05, 0.1) is 0 Å². The number of hydrogen-bond donors (Lipinski definition) is 1. The van der Waals surface area contributed by atoms with E-state index in [1.165, 1.54) is 24.8 Å². The summed E-state index contributed by atoms with van der Waals surface area (Å²) in [6, 6.07) is 5.98. The van der Waals surface area contributed by atoms with Crippen molar-refractivity contribution < 1.29 is 4.79 Å². The molecule has 0 saturated heterocycles. The number of carbonyl (C=O) groups is 1. The van der Waals surface area contributed by atoms with Gasteiger partial charge in [-0.15, -0.1) is 0 Å². The van der Waals surface area contributed by atoms with Gasteiger partial charge >= 0.3 is 0 Å². The maximum atomic E-state index is 12.5. The molecule has 2 rings (SSSR count). The Kier molecular flexibility index (Phi) is 5.66. The molecule has 1 atom stereocenters. The van der Waals surface area contributed by atoms with Crippen molar-refractivity contribution in [3.8, 4) is 0 Å². The molecule has 0 aliphatic carbocycles. The molecule has 1 heterocycles. The van der Waals surface area contributed by atoms with E-state index >= 15 is 0 Å². The lowest BCUT2D eigenvalue weighted by molar-refractivity contribution is -0.118. The molecule has 0 fully saturated rings. The number of rotatable bonds is 6. The first-order valence-electron chi connectivity index (χ1n) is 8.34. The number of nitrogens with two attached hydrogens (primary N) is 1. The first-order chi connectivity index (χ1) is 10.2. The summed E-state index contributed by atoms with van der Waals surface area (Å²) in [4.78, 5) is 14.5. The van der Waals surface area contributed by atoms with Crippen LogP contribution >= 0.6 is 0 Å². The van der Waals surface area contributed by atoms with Gasteiger partial charge in [0, 0.05) is 24.3 Å². The van der Waals surface area contributed by atoms with Gasteiger partial charge in [-0.1, -0.05) is 33.1 Å². The molecule has 1 aromatic carbocycles. The van der Waals surface area contributed by atoms with Gasteiger partial charge in [-0.05, 0) is 48.9 Å². The summed E-state index contributed by atoms with van der Waals surface area (Å²) >= 11 is 0. The summed E-state index contributed by atoms with van der Waals surface area (Å²) < 4.78 is 0. The largest absolute Gasteiger partial charge is 0.399 e. The number of nitrogens with zero attached hydrogens (tertiary/aromatic N) is 1. The molecule has 2 N–H and O–H groups in total. The zero-order valence-corrected chi connectivity index (χ0v) is 13.4. The van der Waals surface area contributed by atoms with E-state index in [0.717, 1.165) is 37.2 Å². The van der Waals surface area contributed by atoms with Crippen molar-refractivity contribution in [3.05, 3.63) is 23.8 Å². The van der Waals surface area contributed by atoms with E-state index in [0.29, 0.717) is 12.3 Å². The van der Waals surface area contributed by atoms with Gasteiger partial charge in [-0.3, -0.25) is 4.79 Å². The molecule has 1 amide bonds. The van der Waals surface area contributed by atoms with Gasteiger partial charge < -0.3 is 10.6 Å². The third kappa shape index (κ3) is 3.99. The Balaban J connectivity index is 2.21. The molecule has 0 spiro atoms. The number of unbranched alkanes of at least 4 members (excludes halogenated alkanes) is 1. The minimum atomic E-state index is 0.272. The first kappa shape index (κ1) is 15.9. The van der Waals surface area contributed by atoms with E-state index in [1.807, 2.05) is 23.1 Å². The molecule has 1 aliphatic rings. The lowest BCUT2D eigenvalue weighted by Gasteiger charge is -2.28. The molecule has 21 heavy (non-hydrogen) atoms. The number of fused-ring (bicyclic) bond motifs is 1. The van der Waals surface area contributed by atoms with Crippen LogP contribution in [0.2, 0.25) is 0 Å². The first-order valence-corrected chi connectivity index (χ1v) is 8.34. The Morgan fingerprint density at radius 1 is 1.29 bits per heavy atom. The number of anilines is 2. The Morgan fingerprint density at radius 3 is 2.81 bits per heavy atom. The standard InChI is InChI=1S/C18H28N2O/c1-3-5-7-14(4-2)13-20-17-11-10-16(19)12-15(17)8-6-9-18(20)21/h10-12,14H,3-9,13,19H2,1-2H3. The van der Waals surface area contributed by atoms with Crippen LogP contribution < -0.4 is 10.6 Å². The molecule has 116 valence electrons. The average molecular weight is 288 g/mol. The van der Waals surface area contributed by atoms with Crippen molar-refractivity contribution >= 4 is 17.3 Å². The van der Waals surface area contributed by atoms with E-state index < -0.39 is 0 Å². The van der Waals surface area contributed by atoms with Gasteiger partial charge in [-0.25, -0.2) is 0 Å². The molecule has 3 nitrogen and oxygen atoms in total. The summed E-state index contributed by atoms with van der Waals surface area (Å²) in [5.41, 5.74) is 9.01. The maximum absolute atomic E-state index is 12.5. The molecule has 1 aliphatic heterocycles. The third-order valence-electron chi connectivity index (χ3n) is 4.52. The van der Waals surface area contributed by atoms with Crippen molar-refractivity contribution in [3.63, 3.8) is 0 Å². The van der Waals surface area contributed by atoms with Gasteiger partial charge in [-0.2, -0.15) is 0 Å². The van der Waals surface area contributed by atoms with Crippen LogP contribution in [0.3, 0.4) is 0 Å². The monoisotopic (exact) mass is 288 g/mol. The average Bonchev–Trinajstić information content (AvgIpc) is 2.62. The van der Waals surface area contributed by atoms with E-state index in [2.05, 4.69) is 13.8 Å². The van der Waals surface area contributed by atoms with Gasteiger partial charge in [0.15, 0.2) is 0 Å². The second-order valence-corrected chi connectivity index (χ2v) is 6.16. The Bertz CT molecular complexity index is 484. The second kappa shape index (κ2) is 7.48. The molecule has 1 unspecified atom stereocenters. The van der Waals surface area contributed by atoms with Gasteiger partial charge in [0.25, 0.3) is 0 Å². The molecule has 0 saturated carbocycles. The number of hydrogen-bond acceptors (Lipinski definition) is 2. The smallest absolute Gasteiger partial charge is 0.227 e.